The van der Waals surface area contributed by atoms with Crippen LogP contribution < -0.4 is 5.11 Å². The molecule has 3 rings (SSSR count). The predicted molar refractivity (Wildman–Crippen MR) is 86.3 cm³/mol. The fourth-order valence-electron chi connectivity index (χ4n) is 4.41. The molecule has 1 aromatic carbocycles. The van der Waals surface area contributed by atoms with Gasteiger partial charge < -0.3 is 9.90 Å². The van der Waals surface area contributed by atoms with Gasteiger partial charge in [-0.2, -0.15) is 0 Å². The number of allylic oxidation sites excluding steroid dienone is 1. The maximum absolute atomic E-state index is 12.8. The fourth-order valence-corrected chi connectivity index (χ4v) is 4.41. The molecule has 0 aliphatic heterocycles. The third kappa shape index (κ3) is 2.34. The van der Waals surface area contributed by atoms with E-state index in [9.17, 15) is 14.7 Å². The zero-order valence-corrected chi connectivity index (χ0v) is 14.0. The fraction of sp³-hybridized carbons (Fsp3) is 0.500. The van der Waals surface area contributed by atoms with Gasteiger partial charge in [-0.1, -0.05) is 57.2 Å². The monoisotopic (exact) mass is 311 g/mol. The standard InChI is InChI=1S/C20H24O3/c1-19(2)16-9-10-20(19,3)17(21)15(16)12-14(18(22)23)11-13-7-5-4-6-8-13/h4-8,12,14,16H,9-11H2,1-3H3,(H,22,23)/p-1/b15-12+/t14-,16-,20-/m1/s1. The van der Waals surface area contributed by atoms with Crippen LogP contribution in [0.5, 0.6) is 0 Å². The molecule has 2 fully saturated rings. The maximum atomic E-state index is 12.8. The number of carboxylic acid groups (broad SMARTS) is 1. The molecule has 0 amide bonds. The van der Waals surface area contributed by atoms with Crippen LogP contribution in [-0.4, -0.2) is 11.8 Å². The van der Waals surface area contributed by atoms with Gasteiger partial charge in [-0.15, -0.1) is 0 Å². The number of carboxylic acids is 1. The Kier molecular flexibility index (Phi) is 3.70. The summed E-state index contributed by atoms with van der Waals surface area (Å²) in [5.74, 6) is -1.56. The predicted octanol–water partition coefficient (Wildman–Crippen LogP) is 2.55. The van der Waals surface area contributed by atoms with Crippen LogP contribution in [0.2, 0.25) is 0 Å². The van der Waals surface area contributed by atoms with Crippen LogP contribution in [0, 0.1) is 22.7 Å². The minimum absolute atomic E-state index is 0.0981. The van der Waals surface area contributed by atoms with E-state index >= 15 is 0 Å². The summed E-state index contributed by atoms with van der Waals surface area (Å²) < 4.78 is 0. The van der Waals surface area contributed by atoms with E-state index in [-0.39, 0.29) is 22.5 Å². The van der Waals surface area contributed by atoms with Gasteiger partial charge in [0.25, 0.3) is 0 Å². The number of carbonyl (C=O) groups is 2. The Morgan fingerprint density at radius 2 is 1.96 bits per heavy atom. The Hall–Kier alpha value is -1.90. The smallest absolute Gasteiger partial charge is 0.165 e. The number of carbonyl (C=O) groups excluding carboxylic acids is 2. The average molecular weight is 311 g/mol. The van der Waals surface area contributed by atoms with Crippen LogP contribution in [0.1, 0.15) is 39.2 Å². The minimum Gasteiger partial charge on any atom is -0.550 e. The van der Waals surface area contributed by atoms with E-state index in [0.29, 0.717) is 12.0 Å². The summed E-state index contributed by atoms with van der Waals surface area (Å²) in [6, 6.07) is 9.49. The average Bonchev–Trinajstić information content (AvgIpc) is 2.81. The Labute approximate surface area is 137 Å². The summed E-state index contributed by atoms with van der Waals surface area (Å²) in [7, 11) is 0. The molecule has 0 saturated heterocycles. The summed E-state index contributed by atoms with van der Waals surface area (Å²) in [5, 5.41) is 11.6. The van der Waals surface area contributed by atoms with Crippen LogP contribution in [0.3, 0.4) is 0 Å². The number of hydrogen-bond acceptors (Lipinski definition) is 3. The SMILES string of the molecule is CC1(C)[C@@H]2CC[C@]1(C)C(=O)/C2=C/[C@@H](Cc1ccccc1)C(=O)[O-]. The van der Waals surface area contributed by atoms with Crippen molar-refractivity contribution in [3.05, 3.63) is 47.5 Å². The number of Topliss-reactive ketones (excluding diaryl/α,β-unsaturated/α-hetero) is 1. The molecule has 2 aliphatic carbocycles. The Balaban J connectivity index is 1.93. The molecule has 0 unspecified atom stereocenters. The van der Waals surface area contributed by atoms with E-state index in [1.54, 1.807) is 6.08 Å². The van der Waals surface area contributed by atoms with Crippen LogP contribution in [-0.2, 0) is 16.0 Å². The van der Waals surface area contributed by atoms with Gasteiger partial charge in [-0.05, 0) is 41.7 Å². The van der Waals surface area contributed by atoms with E-state index < -0.39 is 11.9 Å². The topological polar surface area (TPSA) is 57.2 Å². The van der Waals surface area contributed by atoms with E-state index in [1.165, 1.54) is 0 Å². The first-order chi connectivity index (χ1) is 10.8. The lowest BCUT2D eigenvalue weighted by molar-refractivity contribution is -0.309. The normalized spacial score (nSPS) is 31.5. The van der Waals surface area contributed by atoms with Gasteiger partial charge in [0, 0.05) is 17.3 Å². The van der Waals surface area contributed by atoms with E-state index in [0.717, 1.165) is 18.4 Å². The molecule has 2 aliphatic rings. The number of rotatable bonds is 4. The molecule has 23 heavy (non-hydrogen) atoms. The minimum atomic E-state index is -1.11. The lowest BCUT2D eigenvalue weighted by atomic mass is 9.70. The highest BCUT2D eigenvalue weighted by molar-refractivity contribution is 6.05. The Bertz CT molecular complexity index is 671. The molecule has 0 aromatic heterocycles. The molecule has 2 saturated carbocycles. The highest BCUT2D eigenvalue weighted by Crippen LogP contribution is 2.65. The highest BCUT2D eigenvalue weighted by atomic mass is 16.4. The Morgan fingerprint density at radius 3 is 2.48 bits per heavy atom. The van der Waals surface area contributed by atoms with Crippen molar-refractivity contribution >= 4 is 11.8 Å². The van der Waals surface area contributed by atoms with Gasteiger partial charge in [0.05, 0.1) is 0 Å². The molecule has 3 nitrogen and oxygen atoms in total. The summed E-state index contributed by atoms with van der Waals surface area (Å²) in [6.45, 7) is 6.30. The summed E-state index contributed by atoms with van der Waals surface area (Å²) >= 11 is 0. The zero-order chi connectivity index (χ0) is 16.8. The molecule has 0 radical (unpaired) electrons. The van der Waals surface area contributed by atoms with Crippen LogP contribution in [0.4, 0.5) is 0 Å². The first kappa shape index (κ1) is 16.0. The first-order valence-electron chi connectivity index (χ1n) is 8.28. The van der Waals surface area contributed by atoms with Crippen molar-refractivity contribution in [3.8, 4) is 0 Å². The number of aliphatic carboxylic acids is 1. The summed E-state index contributed by atoms with van der Waals surface area (Å²) in [5.41, 5.74) is 1.21. The van der Waals surface area contributed by atoms with Crippen molar-refractivity contribution in [3.63, 3.8) is 0 Å². The maximum Gasteiger partial charge on any atom is 0.165 e. The number of hydrogen-bond donors (Lipinski definition) is 0. The highest BCUT2D eigenvalue weighted by Gasteiger charge is 2.63. The van der Waals surface area contributed by atoms with Crippen LogP contribution in [0.25, 0.3) is 0 Å². The molecular formula is C20H23O3-. The van der Waals surface area contributed by atoms with Gasteiger partial charge in [-0.3, -0.25) is 4.79 Å². The summed E-state index contributed by atoms with van der Waals surface area (Å²) in [4.78, 5) is 24.4. The van der Waals surface area contributed by atoms with Gasteiger partial charge >= 0.3 is 0 Å². The van der Waals surface area contributed by atoms with Gasteiger partial charge in [0.2, 0.25) is 0 Å². The molecule has 2 bridgehead atoms. The van der Waals surface area contributed by atoms with Crippen molar-refractivity contribution in [1.29, 1.82) is 0 Å². The first-order valence-corrected chi connectivity index (χ1v) is 8.28. The number of fused-ring (bicyclic) bond motifs is 2. The molecule has 3 heteroatoms. The summed E-state index contributed by atoms with van der Waals surface area (Å²) in [6.07, 6.45) is 3.91. The second kappa shape index (κ2) is 5.33. The molecule has 122 valence electrons. The number of benzene rings is 1. The van der Waals surface area contributed by atoms with Crippen LogP contribution >= 0.6 is 0 Å². The molecule has 1 aromatic rings. The molecule has 3 atom stereocenters. The van der Waals surface area contributed by atoms with Gasteiger partial charge in [0.15, 0.2) is 5.78 Å². The van der Waals surface area contributed by atoms with Crippen molar-refractivity contribution in [1.82, 2.24) is 0 Å². The lowest BCUT2D eigenvalue weighted by Gasteiger charge is -2.31. The molecule has 0 N–H and O–H groups in total. The molecule has 0 spiro atoms. The molecule has 0 heterocycles. The van der Waals surface area contributed by atoms with E-state index in [4.69, 9.17) is 0 Å². The van der Waals surface area contributed by atoms with Gasteiger partial charge in [0.1, 0.15) is 0 Å². The quantitative estimate of drug-likeness (QED) is 0.803. The van der Waals surface area contributed by atoms with Crippen molar-refractivity contribution in [2.45, 2.75) is 40.0 Å². The lowest BCUT2D eigenvalue weighted by Crippen LogP contribution is -2.33. The van der Waals surface area contributed by atoms with E-state index in [1.807, 2.05) is 37.3 Å². The zero-order valence-electron chi connectivity index (χ0n) is 14.0. The second-order valence-corrected chi connectivity index (χ2v) is 7.71. The van der Waals surface area contributed by atoms with Crippen molar-refractivity contribution < 1.29 is 14.7 Å². The third-order valence-corrected chi connectivity index (χ3v) is 6.35. The number of ketones is 1. The van der Waals surface area contributed by atoms with Crippen LogP contribution in [0.15, 0.2) is 42.0 Å². The molecular weight excluding hydrogens is 288 g/mol. The van der Waals surface area contributed by atoms with Crippen molar-refractivity contribution in [2.24, 2.45) is 22.7 Å². The van der Waals surface area contributed by atoms with Crippen molar-refractivity contribution in [2.75, 3.05) is 0 Å². The van der Waals surface area contributed by atoms with Gasteiger partial charge in [-0.25, -0.2) is 0 Å². The Morgan fingerprint density at radius 1 is 1.30 bits per heavy atom. The largest absolute Gasteiger partial charge is 0.550 e. The second-order valence-electron chi connectivity index (χ2n) is 7.71. The third-order valence-electron chi connectivity index (χ3n) is 6.35. The van der Waals surface area contributed by atoms with E-state index in [2.05, 4.69) is 13.8 Å².